The van der Waals surface area contributed by atoms with Crippen molar-refractivity contribution in [2.24, 2.45) is 0 Å². The van der Waals surface area contributed by atoms with Crippen molar-refractivity contribution in [2.75, 3.05) is 13.7 Å². The second-order valence-corrected chi connectivity index (χ2v) is 6.56. The maximum absolute atomic E-state index is 11.0. The van der Waals surface area contributed by atoms with Gasteiger partial charge in [0.1, 0.15) is 11.5 Å². The van der Waals surface area contributed by atoms with Crippen molar-refractivity contribution in [2.45, 2.75) is 19.4 Å². The van der Waals surface area contributed by atoms with Crippen molar-refractivity contribution in [1.29, 1.82) is 0 Å². The molecule has 0 saturated carbocycles. The molecule has 0 aliphatic rings. The van der Waals surface area contributed by atoms with Crippen LogP contribution in [-0.2, 0) is 5.60 Å². The molecule has 0 amide bonds. The van der Waals surface area contributed by atoms with Gasteiger partial charge in [0.2, 0.25) is 0 Å². The Morgan fingerprint density at radius 1 is 0.929 bits per heavy atom. The lowest BCUT2D eigenvalue weighted by Crippen LogP contribution is -2.20. The van der Waals surface area contributed by atoms with Gasteiger partial charge in [-0.2, -0.15) is 0 Å². The van der Waals surface area contributed by atoms with Crippen molar-refractivity contribution in [3.8, 4) is 34.5 Å². The molecule has 3 rings (SSSR count). The van der Waals surface area contributed by atoms with Crippen LogP contribution in [0, 0.1) is 11.8 Å². The number of rotatable bonds is 5. The molecule has 28 heavy (non-hydrogen) atoms. The average molecular weight is 372 g/mol. The SMILES string of the molecule is CCOc1cc(OC)ccc1C(C)(O)C#Cc1ccc(-c2ccccc2)cc1. The summed E-state index contributed by atoms with van der Waals surface area (Å²) in [6.07, 6.45) is 0. The minimum absolute atomic E-state index is 0.491. The van der Waals surface area contributed by atoms with Crippen LogP contribution in [-0.4, -0.2) is 18.8 Å². The van der Waals surface area contributed by atoms with Crippen LogP contribution < -0.4 is 9.47 Å². The lowest BCUT2D eigenvalue weighted by Gasteiger charge is -2.21. The van der Waals surface area contributed by atoms with Gasteiger partial charge in [0, 0.05) is 17.2 Å². The number of methoxy groups -OCH3 is 1. The van der Waals surface area contributed by atoms with Crippen LogP contribution in [0.25, 0.3) is 11.1 Å². The normalized spacial score (nSPS) is 12.4. The maximum Gasteiger partial charge on any atom is 0.152 e. The van der Waals surface area contributed by atoms with Gasteiger partial charge in [-0.1, -0.05) is 54.3 Å². The van der Waals surface area contributed by atoms with Crippen LogP contribution in [0.5, 0.6) is 11.5 Å². The summed E-state index contributed by atoms with van der Waals surface area (Å²) in [5.41, 5.74) is 2.39. The highest BCUT2D eigenvalue weighted by molar-refractivity contribution is 5.64. The molecule has 3 aromatic carbocycles. The third-order valence-corrected chi connectivity index (χ3v) is 4.46. The summed E-state index contributed by atoms with van der Waals surface area (Å²) in [4.78, 5) is 0. The quantitative estimate of drug-likeness (QED) is 0.639. The lowest BCUT2D eigenvalue weighted by molar-refractivity contribution is 0.117. The number of hydrogen-bond acceptors (Lipinski definition) is 3. The summed E-state index contributed by atoms with van der Waals surface area (Å²) in [6, 6.07) is 23.5. The first-order valence-electron chi connectivity index (χ1n) is 9.26. The first kappa shape index (κ1) is 19.5. The summed E-state index contributed by atoms with van der Waals surface area (Å²) in [5, 5.41) is 11.0. The molecule has 3 aromatic rings. The molecule has 0 aliphatic carbocycles. The van der Waals surface area contributed by atoms with E-state index in [9.17, 15) is 5.11 Å². The largest absolute Gasteiger partial charge is 0.497 e. The Bertz CT molecular complexity index is 978. The zero-order valence-corrected chi connectivity index (χ0v) is 16.4. The Kier molecular flexibility index (Phi) is 6.03. The topological polar surface area (TPSA) is 38.7 Å². The molecule has 1 atom stereocenters. The highest BCUT2D eigenvalue weighted by atomic mass is 16.5. The average Bonchev–Trinajstić information content (AvgIpc) is 2.73. The van der Waals surface area contributed by atoms with Crippen molar-refractivity contribution >= 4 is 0 Å². The Balaban J connectivity index is 1.86. The first-order valence-corrected chi connectivity index (χ1v) is 9.26. The molecule has 142 valence electrons. The molecule has 0 radical (unpaired) electrons. The van der Waals surface area contributed by atoms with Gasteiger partial charge in [0.05, 0.1) is 13.7 Å². The minimum Gasteiger partial charge on any atom is -0.497 e. The van der Waals surface area contributed by atoms with Gasteiger partial charge in [-0.15, -0.1) is 0 Å². The number of aliphatic hydroxyl groups is 1. The van der Waals surface area contributed by atoms with Crippen molar-refractivity contribution in [1.82, 2.24) is 0 Å². The van der Waals surface area contributed by atoms with E-state index in [0.29, 0.717) is 23.7 Å². The monoisotopic (exact) mass is 372 g/mol. The van der Waals surface area contributed by atoms with Crippen molar-refractivity contribution in [3.63, 3.8) is 0 Å². The predicted octanol–water partition coefficient (Wildman–Crippen LogP) is 5.02. The molecule has 0 fully saturated rings. The molecule has 1 N–H and O–H groups in total. The van der Waals surface area contributed by atoms with E-state index in [4.69, 9.17) is 9.47 Å². The van der Waals surface area contributed by atoms with Crippen molar-refractivity contribution < 1.29 is 14.6 Å². The van der Waals surface area contributed by atoms with Crippen LogP contribution in [0.1, 0.15) is 25.0 Å². The molecule has 0 aliphatic heterocycles. The summed E-state index contributed by atoms with van der Waals surface area (Å²) >= 11 is 0. The molecule has 0 heterocycles. The van der Waals surface area contributed by atoms with Gasteiger partial charge in [0.15, 0.2) is 5.60 Å². The van der Waals surface area contributed by atoms with Gasteiger partial charge < -0.3 is 14.6 Å². The van der Waals surface area contributed by atoms with Gasteiger partial charge in [0.25, 0.3) is 0 Å². The van der Waals surface area contributed by atoms with E-state index in [1.54, 1.807) is 32.2 Å². The van der Waals surface area contributed by atoms with E-state index in [1.165, 1.54) is 0 Å². The van der Waals surface area contributed by atoms with E-state index in [-0.39, 0.29) is 0 Å². The summed E-state index contributed by atoms with van der Waals surface area (Å²) in [6.45, 7) is 4.06. The molecular weight excluding hydrogens is 348 g/mol. The molecule has 3 nitrogen and oxygen atoms in total. The molecular formula is C25H24O3. The van der Waals surface area contributed by atoms with Gasteiger partial charge in [-0.05, 0) is 49.2 Å². The smallest absolute Gasteiger partial charge is 0.152 e. The molecule has 0 bridgehead atoms. The van der Waals surface area contributed by atoms with Crippen LogP contribution in [0.3, 0.4) is 0 Å². The predicted molar refractivity (Wildman–Crippen MR) is 112 cm³/mol. The van der Waals surface area contributed by atoms with Crippen LogP contribution >= 0.6 is 0 Å². The van der Waals surface area contributed by atoms with E-state index < -0.39 is 5.60 Å². The van der Waals surface area contributed by atoms with Crippen LogP contribution in [0.15, 0.2) is 72.8 Å². The van der Waals surface area contributed by atoms with Crippen LogP contribution in [0.4, 0.5) is 0 Å². The van der Waals surface area contributed by atoms with Gasteiger partial charge >= 0.3 is 0 Å². The highest BCUT2D eigenvalue weighted by Gasteiger charge is 2.25. The molecule has 0 saturated heterocycles. The van der Waals surface area contributed by atoms with E-state index in [2.05, 4.69) is 24.0 Å². The lowest BCUT2D eigenvalue weighted by atomic mass is 9.95. The molecule has 3 heteroatoms. The third-order valence-electron chi connectivity index (χ3n) is 4.46. The summed E-state index contributed by atoms with van der Waals surface area (Å²) in [5.74, 6) is 7.29. The Labute approximate surface area is 166 Å². The zero-order chi connectivity index (χ0) is 20.0. The Morgan fingerprint density at radius 3 is 2.25 bits per heavy atom. The fourth-order valence-electron chi connectivity index (χ4n) is 2.94. The second-order valence-electron chi connectivity index (χ2n) is 6.56. The first-order chi connectivity index (χ1) is 13.5. The van der Waals surface area contributed by atoms with E-state index in [0.717, 1.165) is 16.7 Å². The van der Waals surface area contributed by atoms with Crippen molar-refractivity contribution in [3.05, 3.63) is 83.9 Å². The fraction of sp³-hybridized carbons (Fsp3) is 0.200. The standard InChI is InChI=1S/C25H24O3/c1-4-28-24-18-22(27-3)14-15-23(24)25(2,26)17-16-19-10-12-21(13-11-19)20-8-6-5-7-9-20/h5-15,18,26H,4H2,1-3H3. The number of hydrogen-bond donors (Lipinski definition) is 1. The maximum atomic E-state index is 11.0. The molecule has 1 unspecified atom stereocenters. The van der Waals surface area contributed by atoms with Gasteiger partial charge in [-0.3, -0.25) is 0 Å². The Hall–Kier alpha value is -3.22. The number of benzene rings is 3. The molecule has 0 spiro atoms. The fourth-order valence-corrected chi connectivity index (χ4v) is 2.94. The summed E-state index contributed by atoms with van der Waals surface area (Å²) < 4.78 is 10.9. The second kappa shape index (κ2) is 8.65. The highest BCUT2D eigenvalue weighted by Crippen LogP contribution is 2.33. The third kappa shape index (κ3) is 4.54. The molecule has 0 aromatic heterocycles. The summed E-state index contributed by atoms with van der Waals surface area (Å²) in [7, 11) is 1.60. The van der Waals surface area contributed by atoms with E-state index in [1.807, 2.05) is 49.4 Å². The minimum atomic E-state index is -1.35. The van der Waals surface area contributed by atoms with Gasteiger partial charge in [-0.25, -0.2) is 0 Å². The Morgan fingerprint density at radius 2 is 1.61 bits per heavy atom. The van der Waals surface area contributed by atoms with Crippen LogP contribution in [0.2, 0.25) is 0 Å². The van der Waals surface area contributed by atoms with E-state index >= 15 is 0 Å². The zero-order valence-electron chi connectivity index (χ0n) is 16.4. The number of ether oxygens (including phenoxy) is 2.